The van der Waals surface area contributed by atoms with Crippen LogP contribution < -0.4 is 0 Å². The lowest BCUT2D eigenvalue weighted by Crippen LogP contribution is -2.44. The number of hydrogen-bond acceptors (Lipinski definition) is 2. The van der Waals surface area contributed by atoms with Gasteiger partial charge in [-0.1, -0.05) is 49.6 Å². The summed E-state index contributed by atoms with van der Waals surface area (Å²) in [6, 6.07) is 10.5. The third-order valence-corrected chi connectivity index (χ3v) is 4.89. The maximum Gasteiger partial charge on any atom is 0.168 e. The Bertz CT molecular complexity index is 454. The summed E-state index contributed by atoms with van der Waals surface area (Å²) in [5.74, 6) is 1.01. The molecule has 0 heterocycles. The van der Waals surface area contributed by atoms with Crippen LogP contribution in [0, 0.1) is 5.92 Å². The van der Waals surface area contributed by atoms with E-state index in [-0.39, 0.29) is 5.92 Å². The number of ether oxygens (including phenoxy) is 1. The molecule has 20 heavy (non-hydrogen) atoms. The van der Waals surface area contributed by atoms with Crippen molar-refractivity contribution >= 4 is 5.78 Å². The van der Waals surface area contributed by atoms with Gasteiger partial charge in [-0.3, -0.25) is 4.79 Å². The Morgan fingerprint density at radius 3 is 2.55 bits per heavy atom. The zero-order valence-electron chi connectivity index (χ0n) is 12.3. The molecule has 0 radical (unpaired) electrons. The van der Waals surface area contributed by atoms with Gasteiger partial charge in [-0.2, -0.15) is 0 Å². The highest BCUT2D eigenvalue weighted by Gasteiger charge is 2.52. The Morgan fingerprint density at radius 2 is 1.90 bits per heavy atom. The van der Waals surface area contributed by atoms with Gasteiger partial charge < -0.3 is 4.74 Å². The number of rotatable bonds is 5. The highest BCUT2D eigenvalue weighted by Crippen LogP contribution is 2.51. The molecule has 0 amide bonds. The molecule has 2 aliphatic rings. The van der Waals surface area contributed by atoms with Gasteiger partial charge in [0.2, 0.25) is 0 Å². The molecule has 2 fully saturated rings. The number of Topliss-reactive ketones (excluding diaryl/α,β-unsaturated/α-hetero) is 1. The summed E-state index contributed by atoms with van der Waals surface area (Å²) in [7, 11) is 0. The zero-order valence-corrected chi connectivity index (χ0v) is 12.3. The Hall–Kier alpha value is -1.15. The maximum atomic E-state index is 12.9. The SMILES string of the molecule is CCOC1(C(=O)C2CC2c2ccccc2)CCCCC1. The lowest BCUT2D eigenvalue weighted by Gasteiger charge is -2.35. The molecule has 0 aliphatic heterocycles. The largest absolute Gasteiger partial charge is 0.367 e. The van der Waals surface area contributed by atoms with Crippen LogP contribution >= 0.6 is 0 Å². The summed E-state index contributed by atoms with van der Waals surface area (Å²) in [6.07, 6.45) is 6.38. The highest BCUT2D eigenvalue weighted by molar-refractivity contribution is 5.92. The van der Waals surface area contributed by atoms with Gasteiger partial charge in [-0.25, -0.2) is 0 Å². The van der Waals surface area contributed by atoms with Crippen LogP contribution in [0.3, 0.4) is 0 Å². The van der Waals surface area contributed by atoms with Crippen LogP contribution in [0.1, 0.15) is 56.9 Å². The average Bonchev–Trinajstić information content (AvgIpc) is 3.29. The van der Waals surface area contributed by atoms with Crippen molar-refractivity contribution in [2.24, 2.45) is 5.92 Å². The fourth-order valence-electron chi connectivity index (χ4n) is 3.75. The fourth-order valence-corrected chi connectivity index (χ4v) is 3.75. The predicted molar refractivity (Wildman–Crippen MR) is 79.7 cm³/mol. The van der Waals surface area contributed by atoms with E-state index in [9.17, 15) is 4.79 Å². The van der Waals surface area contributed by atoms with Crippen LogP contribution in [-0.4, -0.2) is 18.0 Å². The molecule has 0 aromatic heterocycles. The predicted octanol–water partition coefficient (Wildman–Crippen LogP) is 4.10. The lowest BCUT2D eigenvalue weighted by molar-refractivity contribution is -0.150. The molecular formula is C18H24O2. The standard InChI is InChI=1S/C18H24O2/c1-2-20-18(11-7-4-8-12-18)17(19)16-13-15(16)14-9-5-3-6-10-14/h3,5-6,9-10,15-16H,2,4,7-8,11-13H2,1H3. The van der Waals surface area contributed by atoms with Crippen LogP contribution in [0.2, 0.25) is 0 Å². The normalized spacial score (nSPS) is 28.1. The van der Waals surface area contributed by atoms with E-state index in [0.717, 1.165) is 32.1 Å². The maximum absolute atomic E-state index is 12.9. The van der Waals surface area contributed by atoms with Crippen molar-refractivity contribution < 1.29 is 9.53 Å². The first-order chi connectivity index (χ1) is 9.77. The molecule has 0 saturated heterocycles. The molecule has 108 valence electrons. The Kier molecular flexibility index (Phi) is 3.93. The van der Waals surface area contributed by atoms with Crippen molar-refractivity contribution in [3.05, 3.63) is 35.9 Å². The third kappa shape index (κ3) is 2.54. The van der Waals surface area contributed by atoms with Crippen molar-refractivity contribution in [3.63, 3.8) is 0 Å². The van der Waals surface area contributed by atoms with Crippen LogP contribution in [-0.2, 0) is 9.53 Å². The third-order valence-electron chi connectivity index (χ3n) is 4.89. The molecule has 0 N–H and O–H groups in total. The van der Waals surface area contributed by atoms with E-state index in [1.54, 1.807) is 0 Å². The topological polar surface area (TPSA) is 26.3 Å². The number of hydrogen-bond donors (Lipinski definition) is 0. The molecule has 2 saturated carbocycles. The number of carbonyl (C=O) groups is 1. The average molecular weight is 272 g/mol. The van der Waals surface area contributed by atoms with E-state index in [2.05, 4.69) is 24.3 Å². The Morgan fingerprint density at radius 1 is 1.20 bits per heavy atom. The van der Waals surface area contributed by atoms with Crippen molar-refractivity contribution in [1.82, 2.24) is 0 Å². The van der Waals surface area contributed by atoms with Gasteiger partial charge >= 0.3 is 0 Å². The van der Waals surface area contributed by atoms with Crippen LogP contribution in [0.25, 0.3) is 0 Å². The summed E-state index contributed by atoms with van der Waals surface area (Å²) in [6.45, 7) is 2.65. The van der Waals surface area contributed by atoms with E-state index in [1.807, 2.05) is 13.0 Å². The van der Waals surface area contributed by atoms with Gasteiger partial charge in [0.15, 0.2) is 5.78 Å². The molecule has 1 aromatic rings. The molecule has 2 unspecified atom stereocenters. The van der Waals surface area contributed by atoms with Gasteiger partial charge in [0.25, 0.3) is 0 Å². The molecule has 2 nitrogen and oxygen atoms in total. The summed E-state index contributed by atoms with van der Waals surface area (Å²) in [4.78, 5) is 12.9. The quantitative estimate of drug-likeness (QED) is 0.806. The second kappa shape index (κ2) is 5.69. The van der Waals surface area contributed by atoms with Crippen LogP contribution in [0.15, 0.2) is 30.3 Å². The van der Waals surface area contributed by atoms with E-state index in [1.165, 1.54) is 12.0 Å². The number of ketones is 1. The Labute approximate surface area is 121 Å². The van der Waals surface area contributed by atoms with E-state index in [0.29, 0.717) is 18.3 Å². The summed E-state index contributed by atoms with van der Waals surface area (Å²) in [5, 5.41) is 0. The monoisotopic (exact) mass is 272 g/mol. The highest BCUT2D eigenvalue weighted by atomic mass is 16.5. The minimum Gasteiger partial charge on any atom is -0.367 e. The van der Waals surface area contributed by atoms with E-state index in [4.69, 9.17) is 4.74 Å². The van der Waals surface area contributed by atoms with Crippen molar-refractivity contribution in [3.8, 4) is 0 Å². The zero-order chi connectivity index (χ0) is 14.0. The molecule has 1 aromatic carbocycles. The summed E-state index contributed by atoms with van der Waals surface area (Å²) < 4.78 is 5.97. The molecule has 2 aliphatic carbocycles. The first-order valence-electron chi connectivity index (χ1n) is 8.00. The molecule has 3 rings (SSSR count). The molecule has 0 spiro atoms. The smallest absolute Gasteiger partial charge is 0.168 e. The van der Waals surface area contributed by atoms with Crippen molar-refractivity contribution in [1.29, 1.82) is 0 Å². The number of carbonyl (C=O) groups excluding carboxylic acids is 1. The van der Waals surface area contributed by atoms with Gasteiger partial charge in [0.1, 0.15) is 5.60 Å². The first-order valence-corrected chi connectivity index (χ1v) is 8.00. The van der Waals surface area contributed by atoms with E-state index < -0.39 is 5.60 Å². The lowest BCUT2D eigenvalue weighted by atomic mass is 9.79. The minimum atomic E-state index is -0.457. The van der Waals surface area contributed by atoms with Crippen LogP contribution in [0.5, 0.6) is 0 Å². The van der Waals surface area contributed by atoms with Crippen molar-refractivity contribution in [2.45, 2.75) is 57.0 Å². The second-order valence-corrected chi connectivity index (χ2v) is 6.21. The van der Waals surface area contributed by atoms with Crippen LogP contribution in [0.4, 0.5) is 0 Å². The summed E-state index contributed by atoms with van der Waals surface area (Å²) >= 11 is 0. The minimum absolute atomic E-state index is 0.196. The Balaban J connectivity index is 1.72. The van der Waals surface area contributed by atoms with Gasteiger partial charge in [-0.15, -0.1) is 0 Å². The molecule has 2 heteroatoms. The number of benzene rings is 1. The van der Waals surface area contributed by atoms with Crippen molar-refractivity contribution in [2.75, 3.05) is 6.61 Å². The summed E-state index contributed by atoms with van der Waals surface area (Å²) in [5.41, 5.74) is 0.856. The van der Waals surface area contributed by atoms with Gasteiger partial charge in [-0.05, 0) is 37.7 Å². The first kappa shape index (κ1) is 13.8. The van der Waals surface area contributed by atoms with Gasteiger partial charge in [0.05, 0.1) is 0 Å². The van der Waals surface area contributed by atoms with Gasteiger partial charge in [0, 0.05) is 12.5 Å². The molecule has 0 bridgehead atoms. The fraction of sp³-hybridized carbons (Fsp3) is 0.611. The van der Waals surface area contributed by atoms with E-state index >= 15 is 0 Å². The molecular weight excluding hydrogens is 248 g/mol. The second-order valence-electron chi connectivity index (χ2n) is 6.21. The molecule has 2 atom stereocenters.